The standard InChI is InChI=1S/C13H22ClN/c1-9(14)8-15-11-7-10-5-6-13(11,4)12(10,2)3/h10-11,15H,1,5-8H2,2-4H3. The summed E-state index contributed by atoms with van der Waals surface area (Å²) in [6, 6.07) is 0.627. The van der Waals surface area contributed by atoms with E-state index < -0.39 is 0 Å². The molecule has 2 aliphatic rings. The summed E-state index contributed by atoms with van der Waals surface area (Å²) >= 11 is 5.82. The Labute approximate surface area is 98.3 Å². The Bertz CT molecular complexity index is 284. The maximum absolute atomic E-state index is 5.82. The van der Waals surface area contributed by atoms with E-state index in [1.807, 2.05) is 0 Å². The van der Waals surface area contributed by atoms with Crippen LogP contribution >= 0.6 is 11.6 Å². The fourth-order valence-corrected chi connectivity index (χ4v) is 3.82. The van der Waals surface area contributed by atoms with Crippen molar-refractivity contribution >= 4 is 11.6 Å². The van der Waals surface area contributed by atoms with E-state index in [-0.39, 0.29) is 0 Å². The molecule has 1 nitrogen and oxygen atoms in total. The van der Waals surface area contributed by atoms with Gasteiger partial charge >= 0.3 is 0 Å². The molecule has 15 heavy (non-hydrogen) atoms. The lowest BCUT2D eigenvalue weighted by molar-refractivity contribution is 0.123. The van der Waals surface area contributed by atoms with E-state index in [0.29, 0.717) is 16.9 Å². The third kappa shape index (κ3) is 1.55. The number of rotatable bonds is 3. The first-order valence-corrected chi connectivity index (χ1v) is 6.32. The highest BCUT2D eigenvalue weighted by molar-refractivity contribution is 6.29. The molecule has 2 rings (SSSR count). The van der Waals surface area contributed by atoms with Crippen molar-refractivity contribution < 1.29 is 0 Å². The van der Waals surface area contributed by atoms with Crippen LogP contribution in [-0.4, -0.2) is 12.6 Å². The van der Waals surface area contributed by atoms with Crippen LogP contribution in [0.25, 0.3) is 0 Å². The minimum Gasteiger partial charge on any atom is -0.308 e. The van der Waals surface area contributed by atoms with Crippen LogP contribution in [0, 0.1) is 16.7 Å². The zero-order valence-electron chi connectivity index (χ0n) is 10.1. The van der Waals surface area contributed by atoms with E-state index in [4.69, 9.17) is 11.6 Å². The Kier molecular flexibility index (Phi) is 2.67. The summed E-state index contributed by atoms with van der Waals surface area (Å²) in [4.78, 5) is 0. The number of hydrogen-bond donors (Lipinski definition) is 1. The monoisotopic (exact) mass is 227 g/mol. The molecule has 2 saturated carbocycles. The second-order valence-corrected chi connectivity index (χ2v) is 6.60. The van der Waals surface area contributed by atoms with Gasteiger partial charge in [-0.1, -0.05) is 39.0 Å². The van der Waals surface area contributed by atoms with Crippen LogP contribution in [0.4, 0.5) is 0 Å². The molecule has 0 radical (unpaired) electrons. The SMILES string of the molecule is C=C(Cl)CNC1CC2CCC1(C)C2(C)C. The Morgan fingerprint density at radius 1 is 1.47 bits per heavy atom. The second-order valence-electron chi connectivity index (χ2n) is 6.06. The maximum Gasteiger partial charge on any atom is 0.0310 e. The molecule has 0 amide bonds. The number of nitrogens with one attached hydrogen (secondary N) is 1. The van der Waals surface area contributed by atoms with E-state index in [2.05, 4.69) is 32.7 Å². The lowest BCUT2D eigenvalue weighted by Crippen LogP contribution is -2.44. The highest BCUT2D eigenvalue weighted by Gasteiger charge is 2.60. The molecule has 0 saturated heterocycles. The quantitative estimate of drug-likeness (QED) is 0.778. The molecule has 2 bridgehead atoms. The summed E-state index contributed by atoms with van der Waals surface area (Å²) in [7, 11) is 0. The summed E-state index contributed by atoms with van der Waals surface area (Å²) < 4.78 is 0. The largest absolute Gasteiger partial charge is 0.308 e. The third-order valence-corrected chi connectivity index (χ3v) is 5.47. The van der Waals surface area contributed by atoms with Gasteiger partial charge in [0.25, 0.3) is 0 Å². The van der Waals surface area contributed by atoms with Crippen molar-refractivity contribution in [2.75, 3.05) is 6.54 Å². The number of fused-ring (bicyclic) bond motifs is 2. The molecule has 86 valence electrons. The second kappa shape index (κ2) is 3.49. The zero-order valence-corrected chi connectivity index (χ0v) is 10.8. The van der Waals surface area contributed by atoms with Crippen LogP contribution in [0.15, 0.2) is 11.6 Å². The van der Waals surface area contributed by atoms with E-state index in [0.717, 1.165) is 17.5 Å². The van der Waals surface area contributed by atoms with Gasteiger partial charge in [0, 0.05) is 17.6 Å². The van der Waals surface area contributed by atoms with Gasteiger partial charge in [0.05, 0.1) is 0 Å². The molecule has 3 atom stereocenters. The highest BCUT2D eigenvalue weighted by Crippen LogP contribution is 2.65. The predicted octanol–water partition coefficient (Wildman–Crippen LogP) is 3.54. The van der Waals surface area contributed by atoms with Gasteiger partial charge in [0.2, 0.25) is 0 Å². The fourth-order valence-electron chi connectivity index (χ4n) is 3.75. The minimum absolute atomic E-state index is 0.448. The summed E-state index contributed by atoms with van der Waals surface area (Å²) in [5.74, 6) is 0.892. The molecule has 0 heterocycles. The molecular weight excluding hydrogens is 206 g/mol. The van der Waals surface area contributed by atoms with Crippen molar-refractivity contribution in [1.29, 1.82) is 0 Å². The van der Waals surface area contributed by atoms with Gasteiger partial charge in [-0.05, 0) is 36.0 Å². The molecular formula is C13H22ClN. The first-order valence-electron chi connectivity index (χ1n) is 5.94. The molecule has 0 aromatic heterocycles. The smallest absolute Gasteiger partial charge is 0.0310 e. The van der Waals surface area contributed by atoms with Crippen molar-refractivity contribution in [3.8, 4) is 0 Å². The highest BCUT2D eigenvalue weighted by atomic mass is 35.5. The summed E-state index contributed by atoms with van der Waals surface area (Å²) in [6.07, 6.45) is 4.08. The Morgan fingerprint density at radius 3 is 2.53 bits per heavy atom. The van der Waals surface area contributed by atoms with E-state index in [1.54, 1.807) is 0 Å². The van der Waals surface area contributed by atoms with Crippen LogP contribution in [0.1, 0.15) is 40.0 Å². The van der Waals surface area contributed by atoms with Crippen LogP contribution < -0.4 is 5.32 Å². The number of halogens is 1. The molecule has 2 fully saturated rings. The Morgan fingerprint density at radius 2 is 2.13 bits per heavy atom. The Balaban J connectivity index is 2.09. The molecule has 3 unspecified atom stereocenters. The maximum atomic E-state index is 5.82. The average Bonchev–Trinajstić information content (AvgIpc) is 2.46. The summed E-state index contributed by atoms with van der Waals surface area (Å²) in [5.41, 5.74) is 0.933. The molecule has 2 heteroatoms. The van der Waals surface area contributed by atoms with Crippen LogP contribution in [0.5, 0.6) is 0 Å². The summed E-state index contributed by atoms with van der Waals surface area (Å²) in [5, 5.41) is 4.30. The normalized spacial score (nSPS) is 42.1. The van der Waals surface area contributed by atoms with E-state index in [1.165, 1.54) is 19.3 Å². The number of hydrogen-bond acceptors (Lipinski definition) is 1. The van der Waals surface area contributed by atoms with Crippen LogP contribution in [-0.2, 0) is 0 Å². The predicted molar refractivity (Wildman–Crippen MR) is 66.0 cm³/mol. The van der Waals surface area contributed by atoms with Gasteiger partial charge in [-0.15, -0.1) is 0 Å². The topological polar surface area (TPSA) is 12.0 Å². The molecule has 1 N–H and O–H groups in total. The van der Waals surface area contributed by atoms with E-state index in [9.17, 15) is 0 Å². The van der Waals surface area contributed by atoms with Crippen LogP contribution in [0.3, 0.4) is 0 Å². The molecule has 2 aliphatic carbocycles. The van der Waals surface area contributed by atoms with Gasteiger partial charge in [-0.25, -0.2) is 0 Å². The molecule has 0 aromatic rings. The van der Waals surface area contributed by atoms with Crippen LogP contribution in [0.2, 0.25) is 0 Å². The minimum atomic E-state index is 0.448. The lowest BCUT2D eigenvalue weighted by Gasteiger charge is -2.39. The third-order valence-electron chi connectivity index (χ3n) is 5.33. The van der Waals surface area contributed by atoms with Gasteiger partial charge in [-0.3, -0.25) is 0 Å². The first kappa shape index (κ1) is 11.5. The van der Waals surface area contributed by atoms with E-state index >= 15 is 0 Å². The fraction of sp³-hybridized carbons (Fsp3) is 0.846. The van der Waals surface area contributed by atoms with Crippen molar-refractivity contribution in [3.63, 3.8) is 0 Å². The van der Waals surface area contributed by atoms with Crippen molar-refractivity contribution in [3.05, 3.63) is 11.6 Å². The van der Waals surface area contributed by atoms with Gasteiger partial charge in [0.15, 0.2) is 0 Å². The average molecular weight is 228 g/mol. The molecule has 0 spiro atoms. The van der Waals surface area contributed by atoms with Crippen molar-refractivity contribution in [2.24, 2.45) is 16.7 Å². The molecule has 0 aromatic carbocycles. The first-order chi connectivity index (χ1) is 6.88. The van der Waals surface area contributed by atoms with Gasteiger partial charge in [0.1, 0.15) is 0 Å². The Hall–Kier alpha value is -0.0100. The molecule has 0 aliphatic heterocycles. The summed E-state index contributed by atoms with van der Waals surface area (Å²) in [6.45, 7) is 11.8. The van der Waals surface area contributed by atoms with Gasteiger partial charge in [-0.2, -0.15) is 0 Å². The van der Waals surface area contributed by atoms with Gasteiger partial charge < -0.3 is 5.32 Å². The lowest BCUT2D eigenvalue weighted by atomic mass is 9.69. The van der Waals surface area contributed by atoms with Crippen molar-refractivity contribution in [2.45, 2.75) is 46.1 Å². The van der Waals surface area contributed by atoms with Crippen molar-refractivity contribution in [1.82, 2.24) is 5.32 Å². The zero-order chi connectivity index (χ0) is 11.3.